The molecule has 2 N–H and O–H groups in total. The van der Waals surface area contributed by atoms with E-state index < -0.39 is 0 Å². The van der Waals surface area contributed by atoms with E-state index in [1.54, 1.807) is 0 Å². The molecule has 2 aromatic carbocycles. The molecule has 0 aliphatic heterocycles. The minimum atomic E-state index is -0.0684. The first-order chi connectivity index (χ1) is 9.88. The molecule has 20 heavy (non-hydrogen) atoms. The number of hydrogen-bond donors (Lipinski definition) is 1. The molecule has 1 aromatic heterocycles. The van der Waals surface area contributed by atoms with Crippen LogP contribution in [0.2, 0.25) is 0 Å². The average Bonchev–Trinajstić information content (AvgIpc) is 3.00. The third kappa shape index (κ3) is 2.46. The minimum absolute atomic E-state index is 0.0684. The Labute approximate surface area is 117 Å². The molecule has 1 heterocycles. The molecule has 0 saturated heterocycles. The predicted octanol–water partition coefficient (Wildman–Crippen LogP) is 2.83. The Morgan fingerprint density at radius 2 is 1.60 bits per heavy atom. The van der Waals surface area contributed by atoms with E-state index >= 15 is 0 Å². The van der Waals surface area contributed by atoms with E-state index in [1.165, 1.54) is 0 Å². The summed E-state index contributed by atoms with van der Waals surface area (Å²) < 4.78 is 5.39. The number of nitrogens with zero attached hydrogens (tertiary/aromatic N) is 2. The fourth-order valence-electron chi connectivity index (χ4n) is 2.15. The third-order valence-electron chi connectivity index (χ3n) is 3.21. The van der Waals surface area contributed by atoms with Gasteiger partial charge in [-0.05, 0) is 5.56 Å². The maximum Gasteiger partial charge on any atom is 0.235 e. The van der Waals surface area contributed by atoms with Crippen molar-refractivity contribution in [3.63, 3.8) is 0 Å². The molecule has 1 unspecified atom stereocenters. The summed E-state index contributed by atoms with van der Waals surface area (Å²) >= 11 is 0. The lowest BCUT2D eigenvalue weighted by Gasteiger charge is -2.09. The van der Waals surface area contributed by atoms with E-state index in [4.69, 9.17) is 10.3 Å². The van der Waals surface area contributed by atoms with Crippen LogP contribution in [0.15, 0.2) is 65.2 Å². The van der Waals surface area contributed by atoms with E-state index in [-0.39, 0.29) is 5.92 Å². The average molecular weight is 265 g/mol. The number of benzene rings is 2. The second-order valence-electron chi connectivity index (χ2n) is 4.52. The Morgan fingerprint density at radius 3 is 2.25 bits per heavy atom. The fraction of sp³-hybridized carbons (Fsp3) is 0.125. The molecule has 100 valence electrons. The van der Waals surface area contributed by atoms with Gasteiger partial charge in [-0.2, -0.15) is 4.98 Å². The maximum atomic E-state index is 5.86. The van der Waals surface area contributed by atoms with Gasteiger partial charge in [0.25, 0.3) is 0 Å². The summed E-state index contributed by atoms with van der Waals surface area (Å²) in [6, 6.07) is 19.7. The lowest BCUT2D eigenvalue weighted by Crippen LogP contribution is -2.14. The normalized spacial score (nSPS) is 12.2. The highest BCUT2D eigenvalue weighted by atomic mass is 16.5. The van der Waals surface area contributed by atoms with Crippen molar-refractivity contribution in [3.05, 3.63) is 72.1 Å². The molecule has 0 radical (unpaired) electrons. The summed E-state index contributed by atoms with van der Waals surface area (Å²) in [5.74, 6) is 1.08. The molecular formula is C16H15N3O. The largest absolute Gasteiger partial charge is 0.338 e. The van der Waals surface area contributed by atoms with E-state index in [1.807, 2.05) is 60.7 Å². The van der Waals surface area contributed by atoms with E-state index in [0.29, 0.717) is 18.3 Å². The van der Waals surface area contributed by atoms with E-state index in [0.717, 1.165) is 11.1 Å². The maximum absolute atomic E-state index is 5.86. The van der Waals surface area contributed by atoms with Gasteiger partial charge in [-0.1, -0.05) is 65.8 Å². The van der Waals surface area contributed by atoms with E-state index in [2.05, 4.69) is 10.1 Å². The van der Waals surface area contributed by atoms with Gasteiger partial charge >= 0.3 is 0 Å². The molecule has 4 heteroatoms. The van der Waals surface area contributed by atoms with Crippen LogP contribution >= 0.6 is 0 Å². The molecular weight excluding hydrogens is 250 g/mol. The summed E-state index contributed by atoms with van der Waals surface area (Å²) in [4.78, 5) is 4.47. The second kappa shape index (κ2) is 5.67. The van der Waals surface area contributed by atoms with Gasteiger partial charge in [0, 0.05) is 12.1 Å². The van der Waals surface area contributed by atoms with Gasteiger partial charge in [0.1, 0.15) is 0 Å². The molecule has 3 rings (SSSR count). The zero-order valence-corrected chi connectivity index (χ0v) is 10.9. The van der Waals surface area contributed by atoms with Crippen LogP contribution in [0.4, 0.5) is 0 Å². The second-order valence-corrected chi connectivity index (χ2v) is 4.52. The Morgan fingerprint density at radius 1 is 0.950 bits per heavy atom. The fourth-order valence-corrected chi connectivity index (χ4v) is 2.15. The van der Waals surface area contributed by atoms with Gasteiger partial charge < -0.3 is 10.3 Å². The molecule has 4 nitrogen and oxygen atoms in total. The minimum Gasteiger partial charge on any atom is -0.338 e. The zero-order chi connectivity index (χ0) is 13.8. The van der Waals surface area contributed by atoms with E-state index in [9.17, 15) is 0 Å². The standard InChI is InChI=1S/C16H15N3O/c17-11-14(12-7-3-1-4-8-12)16-18-15(19-20-16)13-9-5-2-6-10-13/h1-10,14H,11,17H2. The molecule has 3 aromatic rings. The molecule has 0 bridgehead atoms. The lowest BCUT2D eigenvalue weighted by molar-refractivity contribution is 0.367. The Hall–Kier alpha value is -2.46. The molecule has 0 aliphatic carbocycles. The first-order valence-electron chi connectivity index (χ1n) is 6.52. The third-order valence-corrected chi connectivity index (χ3v) is 3.21. The van der Waals surface area contributed by atoms with Gasteiger partial charge in [0.05, 0.1) is 5.92 Å². The van der Waals surface area contributed by atoms with Gasteiger partial charge in [-0.25, -0.2) is 0 Å². The molecule has 0 spiro atoms. The van der Waals surface area contributed by atoms with Crippen LogP contribution in [-0.4, -0.2) is 16.7 Å². The summed E-state index contributed by atoms with van der Waals surface area (Å²) in [5, 5.41) is 4.04. The number of aromatic nitrogens is 2. The summed E-state index contributed by atoms with van der Waals surface area (Å²) in [6.45, 7) is 0.431. The van der Waals surface area contributed by atoms with Crippen molar-refractivity contribution in [3.8, 4) is 11.4 Å². The highest BCUT2D eigenvalue weighted by Gasteiger charge is 2.19. The Kier molecular flexibility index (Phi) is 3.56. The van der Waals surface area contributed by atoms with Crippen molar-refractivity contribution in [2.45, 2.75) is 5.92 Å². The van der Waals surface area contributed by atoms with Crippen LogP contribution in [0.25, 0.3) is 11.4 Å². The van der Waals surface area contributed by atoms with Crippen molar-refractivity contribution in [1.29, 1.82) is 0 Å². The van der Waals surface area contributed by atoms with Gasteiger partial charge in [-0.15, -0.1) is 0 Å². The zero-order valence-electron chi connectivity index (χ0n) is 10.9. The summed E-state index contributed by atoms with van der Waals surface area (Å²) in [6.07, 6.45) is 0. The van der Waals surface area contributed by atoms with Crippen LogP contribution in [0.1, 0.15) is 17.4 Å². The molecule has 1 atom stereocenters. The van der Waals surface area contributed by atoms with Crippen LogP contribution in [0.3, 0.4) is 0 Å². The van der Waals surface area contributed by atoms with Crippen molar-refractivity contribution in [2.75, 3.05) is 6.54 Å². The van der Waals surface area contributed by atoms with Crippen molar-refractivity contribution in [2.24, 2.45) is 5.73 Å². The molecule has 0 aliphatic rings. The number of rotatable bonds is 4. The lowest BCUT2D eigenvalue weighted by atomic mass is 9.99. The van der Waals surface area contributed by atoms with Crippen molar-refractivity contribution < 1.29 is 4.52 Å². The monoisotopic (exact) mass is 265 g/mol. The van der Waals surface area contributed by atoms with Gasteiger partial charge in [0.2, 0.25) is 11.7 Å². The molecule has 0 saturated carbocycles. The van der Waals surface area contributed by atoms with Crippen LogP contribution < -0.4 is 5.73 Å². The Balaban J connectivity index is 1.93. The van der Waals surface area contributed by atoms with Gasteiger partial charge in [-0.3, -0.25) is 0 Å². The first-order valence-corrected chi connectivity index (χ1v) is 6.52. The molecule has 0 fully saturated rings. The van der Waals surface area contributed by atoms with Crippen molar-refractivity contribution in [1.82, 2.24) is 10.1 Å². The summed E-state index contributed by atoms with van der Waals surface area (Å²) in [5.41, 5.74) is 7.88. The molecule has 0 amide bonds. The highest BCUT2D eigenvalue weighted by molar-refractivity contribution is 5.53. The smallest absolute Gasteiger partial charge is 0.235 e. The van der Waals surface area contributed by atoms with Crippen LogP contribution in [0, 0.1) is 0 Å². The number of nitrogens with two attached hydrogens (primary N) is 1. The SMILES string of the molecule is NCC(c1ccccc1)c1nc(-c2ccccc2)no1. The first kappa shape index (κ1) is 12.6. The quantitative estimate of drug-likeness (QED) is 0.787. The van der Waals surface area contributed by atoms with Gasteiger partial charge in [0.15, 0.2) is 0 Å². The topological polar surface area (TPSA) is 64.9 Å². The van der Waals surface area contributed by atoms with Crippen LogP contribution in [0.5, 0.6) is 0 Å². The van der Waals surface area contributed by atoms with Crippen molar-refractivity contribution >= 4 is 0 Å². The van der Waals surface area contributed by atoms with Crippen LogP contribution in [-0.2, 0) is 0 Å². The highest BCUT2D eigenvalue weighted by Crippen LogP contribution is 2.24. The Bertz CT molecular complexity index is 664. The predicted molar refractivity (Wildman–Crippen MR) is 77.1 cm³/mol. The number of hydrogen-bond acceptors (Lipinski definition) is 4. The summed E-state index contributed by atoms with van der Waals surface area (Å²) in [7, 11) is 0.